The summed E-state index contributed by atoms with van der Waals surface area (Å²) in [4.78, 5) is 11.2. The van der Waals surface area contributed by atoms with Crippen LogP contribution in [0, 0.1) is 6.92 Å². The molecule has 0 atom stereocenters. The van der Waals surface area contributed by atoms with Crippen LogP contribution in [0.4, 0.5) is 24.7 Å². The van der Waals surface area contributed by atoms with Gasteiger partial charge in [-0.25, -0.2) is 4.98 Å². The van der Waals surface area contributed by atoms with Gasteiger partial charge in [0.15, 0.2) is 0 Å². The summed E-state index contributed by atoms with van der Waals surface area (Å²) < 4.78 is 38.8. The summed E-state index contributed by atoms with van der Waals surface area (Å²) >= 11 is 0. The van der Waals surface area contributed by atoms with E-state index in [1.54, 1.807) is 12.3 Å². The van der Waals surface area contributed by atoms with Crippen LogP contribution >= 0.6 is 0 Å². The van der Waals surface area contributed by atoms with E-state index in [1.165, 1.54) is 12.1 Å². The number of alkyl halides is 3. The molecule has 2 aromatic heterocycles. The average molecular weight is 398 g/mol. The molecule has 0 aliphatic carbocycles. The quantitative estimate of drug-likeness (QED) is 0.673. The zero-order valence-electron chi connectivity index (χ0n) is 16.0. The van der Waals surface area contributed by atoms with Gasteiger partial charge in [0, 0.05) is 55.4 Å². The minimum atomic E-state index is -4.34. The molecular weight excluding hydrogens is 377 g/mol. The lowest BCUT2D eigenvalue weighted by molar-refractivity contribution is -0.137. The highest BCUT2D eigenvalue weighted by Crippen LogP contribution is 2.30. The van der Waals surface area contributed by atoms with Crippen LogP contribution in [0.25, 0.3) is 0 Å². The van der Waals surface area contributed by atoms with Crippen molar-refractivity contribution in [1.29, 1.82) is 0 Å². The molecule has 4 nitrogen and oxygen atoms in total. The number of nitrogens with one attached hydrogen (secondary N) is 1. The van der Waals surface area contributed by atoms with E-state index in [0.29, 0.717) is 18.7 Å². The van der Waals surface area contributed by atoms with Crippen molar-refractivity contribution in [1.82, 2.24) is 9.97 Å². The zero-order chi connectivity index (χ0) is 20.4. The SMILES string of the molecule is Cc1ccc(N2CCc3nccc(NCc4cccc(C(F)(F)F)c4)c3C2)nc1. The predicted octanol–water partition coefficient (Wildman–Crippen LogP) is 4.98. The standard InChI is InChI=1S/C22H21F3N4/c1-15-5-6-21(28-12-15)29-10-8-20-18(14-29)19(7-9-26-20)27-13-16-3-2-4-17(11-16)22(23,24)25/h2-7,9,11-12H,8,10,13-14H2,1H3,(H,26,27). The molecule has 0 fully saturated rings. The summed E-state index contributed by atoms with van der Waals surface area (Å²) in [5, 5.41) is 3.29. The molecule has 150 valence electrons. The molecule has 0 amide bonds. The molecule has 0 radical (unpaired) electrons. The van der Waals surface area contributed by atoms with E-state index in [1.807, 2.05) is 31.3 Å². The number of nitrogens with zero attached hydrogens (tertiary/aromatic N) is 3. The van der Waals surface area contributed by atoms with E-state index in [4.69, 9.17) is 0 Å². The van der Waals surface area contributed by atoms with Gasteiger partial charge in [-0.3, -0.25) is 4.98 Å². The smallest absolute Gasteiger partial charge is 0.381 e. The fourth-order valence-corrected chi connectivity index (χ4v) is 3.50. The monoisotopic (exact) mass is 398 g/mol. The van der Waals surface area contributed by atoms with E-state index < -0.39 is 11.7 Å². The van der Waals surface area contributed by atoms with E-state index in [9.17, 15) is 13.2 Å². The molecule has 1 aliphatic heterocycles. The first-order valence-corrected chi connectivity index (χ1v) is 9.44. The molecule has 0 bridgehead atoms. The van der Waals surface area contributed by atoms with Crippen LogP contribution in [0.3, 0.4) is 0 Å². The lowest BCUT2D eigenvalue weighted by Gasteiger charge is -2.30. The van der Waals surface area contributed by atoms with Gasteiger partial charge in [0.1, 0.15) is 5.82 Å². The van der Waals surface area contributed by atoms with Crippen molar-refractivity contribution in [3.63, 3.8) is 0 Å². The van der Waals surface area contributed by atoms with E-state index in [2.05, 4.69) is 20.2 Å². The highest BCUT2D eigenvalue weighted by atomic mass is 19.4. The molecular formula is C22H21F3N4. The van der Waals surface area contributed by atoms with Crippen LogP contribution in [-0.2, 0) is 25.7 Å². The van der Waals surface area contributed by atoms with Gasteiger partial charge in [-0.15, -0.1) is 0 Å². The number of halogens is 3. The van der Waals surface area contributed by atoms with Gasteiger partial charge in [0.05, 0.1) is 5.56 Å². The van der Waals surface area contributed by atoms with Crippen molar-refractivity contribution in [2.24, 2.45) is 0 Å². The van der Waals surface area contributed by atoms with E-state index >= 15 is 0 Å². The van der Waals surface area contributed by atoms with Gasteiger partial charge >= 0.3 is 6.18 Å². The zero-order valence-corrected chi connectivity index (χ0v) is 16.0. The molecule has 1 aliphatic rings. The highest BCUT2D eigenvalue weighted by molar-refractivity contribution is 5.56. The Kier molecular flexibility index (Phi) is 5.13. The maximum atomic E-state index is 12.9. The third kappa shape index (κ3) is 4.34. The van der Waals surface area contributed by atoms with Crippen molar-refractivity contribution in [2.45, 2.75) is 32.6 Å². The van der Waals surface area contributed by atoms with E-state index in [-0.39, 0.29) is 0 Å². The van der Waals surface area contributed by atoms with Gasteiger partial charge in [-0.1, -0.05) is 18.2 Å². The predicted molar refractivity (Wildman–Crippen MR) is 107 cm³/mol. The van der Waals surface area contributed by atoms with Crippen molar-refractivity contribution in [2.75, 3.05) is 16.8 Å². The first-order valence-electron chi connectivity index (χ1n) is 9.44. The highest BCUT2D eigenvalue weighted by Gasteiger charge is 2.30. The second-order valence-corrected chi connectivity index (χ2v) is 7.20. The molecule has 3 heterocycles. The number of aromatic nitrogens is 2. The van der Waals surface area contributed by atoms with Gasteiger partial charge in [-0.05, 0) is 42.3 Å². The van der Waals surface area contributed by atoms with Crippen LogP contribution in [0.2, 0.25) is 0 Å². The molecule has 4 rings (SSSR count). The number of pyridine rings is 2. The van der Waals surface area contributed by atoms with Crippen molar-refractivity contribution in [3.05, 3.63) is 82.8 Å². The van der Waals surface area contributed by atoms with Crippen LogP contribution in [-0.4, -0.2) is 16.5 Å². The van der Waals surface area contributed by atoms with Gasteiger partial charge in [0.2, 0.25) is 0 Å². The molecule has 29 heavy (non-hydrogen) atoms. The van der Waals surface area contributed by atoms with Crippen LogP contribution in [0.15, 0.2) is 54.9 Å². The molecule has 0 spiro atoms. The first-order chi connectivity index (χ1) is 13.9. The Morgan fingerprint density at radius 2 is 1.97 bits per heavy atom. The second kappa shape index (κ2) is 7.73. The van der Waals surface area contributed by atoms with Crippen molar-refractivity contribution >= 4 is 11.5 Å². The Hall–Kier alpha value is -3.09. The van der Waals surface area contributed by atoms with Crippen LogP contribution in [0.1, 0.15) is 27.9 Å². The topological polar surface area (TPSA) is 41.1 Å². The maximum absolute atomic E-state index is 12.9. The number of hydrogen-bond donors (Lipinski definition) is 1. The fraction of sp³-hybridized carbons (Fsp3) is 0.273. The number of anilines is 2. The van der Waals surface area contributed by atoms with Gasteiger partial charge < -0.3 is 10.2 Å². The third-order valence-corrected chi connectivity index (χ3v) is 5.07. The Balaban J connectivity index is 1.53. The maximum Gasteiger partial charge on any atom is 0.416 e. The molecule has 0 saturated carbocycles. The minimum Gasteiger partial charge on any atom is -0.381 e. The molecule has 7 heteroatoms. The summed E-state index contributed by atoms with van der Waals surface area (Å²) in [6.45, 7) is 3.79. The minimum absolute atomic E-state index is 0.309. The molecule has 0 unspecified atom stereocenters. The van der Waals surface area contributed by atoms with Crippen molar-refractivity contribution in [3.8, 4) is 0 Å². The molecule has 1 aromatic carbocycles. The molecule has 1 N–H and O–H groups in total. The Morgan fingerprint density at radius 1 is 1.10 bits per heavy atom. The summed E-state index contributed by atoms with van der Waals surface area (Å²) in [6, 6.07) is 11.3. The summed E-state index contributed by atoms with van der Waals surface area (Å²) in [7, 11) is 0. The Bertz CT molecular complexity index is 1000. The van der Waals surface area contributed by atoms with Gasteiger partial charge in [-0.2, -0.15) is 13.2 Å². The van der Waals surface area contributed by atoms with Crippen molar-refractivity contribution < 1.29 is 13.2 Å². The first kappa shape index (κ1) is 19.2. The van der Waals surface area contributed by atoms with Crippen LogP contribution in [0.5, 0.6) is 0 Å². The Morgan fingerprint density at radius 3 is 2.72 bits per heavy atom. The number of benzene rings is 1. The summed E-state index contributed by atoms with van der Waals surface area (Å²) in [6.07, 6.45) is 0.0470. The number of rotatable bonds is 4. The number of aryl methyl sites for hydroxylation is 1. The fourth-order valence-electron chi connectivity index (χ4n) is 3.50. The lowest BCUT2D eigenvalue weighted by Crippen LogP contribution is -2.32. The largest absolute Gasteiger partial charge is 0.416 e. The van der Waals surface area contributed by atoms with Crippen LogP contribution < -0.4 is 10.2 Å². The normalized spacial score (nSPS) is 13.9. The summed E-state index contributed by atoms with van der Waals surface area (Å²) in [5.74, 6) is 0.911. The van der Waals surface area contributed by atoms with E-state index in [0.717, 1.165) is 47.4 Å². The summed E-state index contributed by atoms with van der Waals surface area (Å²) in [5.41, 5.74) is 4.03. The lowest BCUT2D eigenvalue weighted by atomic mass is 10.0. The average Bonchev–Trinajstić information content (AvgIpc) is 2.72. The number of fused-ring (bicyclic) bond motifs is 1. The molecule has 3 aromatic rings. The number of hydrogen-bond acceptors (Lipinski definition) is 4. The second-order valence-electron chi connectivity index (χ2n) is 7.20. The van der Waals surface area contributed by atoms with Gasteiger partial charge in [0.25, 0.3) is 0 Å². The molecule has 0 saturated heterocycles. The Labute approximate surface area is 167 Å². The third-order valence-electron chi connectivity index (χ3n) is 5.07.